The second-order valence-electron chi connectivity index (χ2n) is 4.07. The van der Waals surface area contributed by atoms with E-state index in [9.17, 15) is 4.79 Å². The molecule has 2 aromatic carbocycles. The minimum Gasteiger partial charge on any atom is -0.479 e. The molecule has 2 rings (SSSR count). The van der Waals surface area contributed by atoms with E-state index in [-0.39, 0.29) is 0 Å². The Hall–Kier alpha value is -1.33. The van der Waals surface area contributed by atoms with E-state index in [1.807, 2.05) is 24.3 Å². The van der Waals surface area contributed by atoms with Crippen LogP contribution < -0.4 is 9.47 Å². The predicted octanol–water partition coefficient (Wildman–Crippen LogP) is 4.58. The molecule has 20 heavy (non-hydrogen) atoms. The number of para-hydroxylation sites is 1. The molecule has 1 unspecified atom stereocenters. The number of halogens is 2. The van der Waals surface area contributed by atoms with Crippen molar-refractivity contribution in [1.29, 1.82) is 0 Å². The van der Waals surface area contributed by atoms with Gasteiger partial charge in [0.15, 0.2) is 6.10 Å². The van der Waals surface area contributed by atoms with E-state index < -0.39 is 12.1 Å². The van der Waals surface area contributed by atoms with Gasteiger partial charge in [-0.1, -0.05) is 28.1 Å². The summed E-state index contributed by atoms with van der Waals surface area (Å²) in [4.78, 5) is 12.0. The molecular formula is C15H12Br2O3. The van der Waals surface area contributed by atoms with Gasteiger partial charge in [0.05, 0.1) is 4.47 Å². The third-order valence-corrected chi connectivity index (χ3v) is 3.69. The molecule has 0 saturated heterocycles. The molecule has 1 atom stereocenters. The quantitative estimate of drug-likeness (QED) is 0.557. The summed E-state index contributed by atoms with van der Waals surface area (Å²) >= 11 is 6.67. The minimum atomic E-state index is -0.691. The molecule has 0 saturated carbocycles. The topological polar surface area (TPSA) is 35.5 Å². The highest BCUT2D eigenvalue weighted by Crippen LogP contribution is 2.24. The van der Waals surface area contributed by atoms with Crippen molar-refractivity contribution in [3.63, 3.8) is 0 Å². The number of rotatable bonds is 4. The van der Waals surface area contributed by atoms with Crippen LogP contribution in [0.5, 0.6) is 11.5 Å². The van der Waals surface area contributed by atoms with Gasteiger partial charge in [0.2, 0.25) is 0 Å². The van der Waals surface area contributed by atoms with Gasteiger partial charge >= 0.3 is 5.97 Å². The molecule has 3 nitrogen and oxygen atoms in total. The van der Waals surface area contributed by atoms with E-state index in [2.05, 4.69) is 31.9 Å². The normalized spacial score (nSPS) is 11.8. The SMILES string of the molecule is CC(Oc1ccc(Br)cc1)C(=O)Oc1ccccc1Br. The van der Waals surface area contributed by atoms with Crippen LogP contribution in [0.25, 0.3) is 0 Å². The number of esters is 1. The largest absolute Gasteiger partial charge is 0.479 e. The molecule has 2 aromatic rings. The third-order valence-electron chi connectivity index (χ3n) is 2.51. The first-order valence-corrected chi connectivity index (χ1v) is 7.53. The monoisotopic (exact) mass is 398 g/mol. The Morgan fingerprint density at radius 3 is 2.35 bits per heavy atom. The van der Waals surface area contributed by atoms with Crippen molar-refractivity contribution in [2.75, 3.05) is 0 Å². The van der Waals surface area contributed by atoms with Crippen LogP contribution in [0.3, 0.4) is 0 Å². The molecule has 0 spiro atoms. The Morgan fingerprint density at radius 1 is 1.05 bits per heavy atom. The van der Waals surface area contributed by atoms with Crippen molar-refractivity contribution in [2.45, 2.75) is 13.0 Å². The van der Waals surface area contributed by atoms with Gasteiger partial charge in [-0.3, -0.25) is 0 Å². The van der Waals surface area contributed by atoms with Crippen LogP contribution in [0.2, 0.25) is 0 Å². The van der Waals surface area contributed by atoms with Gasteiger partial charge in [0.1, 0.15) is 11.5 Å². The Kier molecular flexibility index (Phi) is 5.20. The van der Waals surface area contributed by atoms with Crippen LogP contribution >= 0.6 is 31.9 Å². The molecule has 0 aliphatic carbocycles. The summed E-state index contributed by atoms with van der Waals surface area (Å²) < 4.78 is 12.5. The molecule has 5 heteroatoms. The number of benzene rings is 2. The lowest BCUT2D eigenvalue weighted by molar-refractivity contribution is -0.141. The summed E-state index contributed by atoms with van der Waals surface area (Å²) in [5.74, 6) is 0.647. The number of ether oxygens (including phenoxy) is 2. The Bertz CT molecular complexity index is 596. The Labute approximate surface area is 134 Å². The molecule has 0 radical (unpaired) electrons. The van der Waals surface area contributed by atoms with Gasteiger partial charge in [0.25, 0.3) is 0 Å². The van der Waals surface area contributed by atoms with E-state index in [0.717, 1.165) is 8.95 Å². The van der Waals surface area contributed by atoms with Crippen LogP contribution in [0.4, 0.5) is 0 Å². The first kappa shape index (κ1) is 15.1. The molecule has 0 heterocycles. The van der Waals surface area contributed by atoms with Crippen LogP contribution in [-0.2, 0) is 4.79 Å². The van der Waals surface area contributed by atoms with Gasteiger partial charge in [0, 0.05) is 4.47 Å². The Morgan fingerprint density at radius 2 is 1.70 bits per heavy atom. The molecule has 0 bridgehead atoms. The maximum absolute atomic E-state index is 12.0. The number of carbonyl (C=O) groups is 1. The van der Waals surface area contributed by atoms with Crippen molar-refractivity contribution in [3.05, 3.63) is 57.5 Å². The Balaban J connectivity index is 1.99. The maximum atomic E-state index is 12.0. The fraction of sp³-hybridized carbons (Fsp3) is 0.133. The third kappa shape index (κ3) is 4.08. The first-order chi connectivity index (χ1) is 9.56. The van der Waals surface area contributed by atoms with Gasteiger partial charge < -0.3 is 9.47 Å². The minimum absolute atomic E-state index is 0.445. The molecule has 0 aromatic heterocycles. The summed E-state index contributed by atoms with van der Waals surface area (Å²) in [6.45, 7) is 1.65. The zero-order chi connectivity index (χ0) is 14.5. The lowest BCUT2D eigenvalue weighted by atomic mass is 10.3. The zero-order valence-corrected chi connectivity index (χ0v) is 13.8. The van der Waals surface area contributed by atoms with Gasteiger partial charge in [-0.2, -0.15) is 0 Å². The molecular weight excluding hydrogens is 388 g/mol. The van der Waals surface area contributed by atoms with Crippen molar-refractivity contribution >= 4 is 37.8 Å². The van der Waals surface area contributed by atoms with E-state index in [4.69, 9.17) is 9.47 Å². The summed E-state index contributed by atoms with van der Waals surface area (Å²) in [6.07, 6.45) is -0.691. The van der Waals surface area contributed by atoms with Crippen molar-refractivity contribution in [3.8, 4) is 11.5 Å². The van der Waals surface area contributed by atoms with E-state index in [0.29, 0.717) is 11.5 Å². The smallest absolute Gasteiger partial charge is 0.352 e. The summed E-state index contributed by atoms with van der Waals surface area (Å²) in [5.41, 5.74) is 0. The van der Waals surface area contributed by atoms with Crippen LogP contribution in [0.15, 0.2) is 57.5 Å². The summed E-state index contributed by atoms with van der Waals surface area (Å²) in [5, 5.41) is 0. The molecule has 0 amide bonds. The molecule has 0 aliphatic heterocycles. The summed E-state index contributed by atoms with van der Waals surface area (Å²) in [7, 11) is 0. The van der Waals surface area contributed by atoms with Crippen LogP contribution in [0.1, 0.15) is 6.92 Å². The number of hydrogen-bond acceptors (Lipinski definition) is 3. The highest BCUT2D eigenvalue weighted by Gasteiger charge is 2.18. The lowest BCUT2D eigenvalue weighted by Crippen LogP contribution is -2.28. The van der Waals surface area contributed by atoms with Crippen molar-refractivity contribution < 1.29 is 14.3 Å². The second kappa shape index (κ2) is 6.90. The van der Waals surface area contributed by atoms with Crippen LogP contribution in [-0.4, -0.2) is 12.1 Å². The summed E-state index contributed by atoms with van der Waals surface area (Å²) in [6, 6.07) is 14.4. The predicted molar refractivity (Wildman–Crippen MR) is 84.0 cm³/mol. The standard InChI is InChI=1S/C15H12Br2O3/c1-10(19-12-8-6-11(16)7-9-12)15(18)20-14-5-3-2-4-13(14)17/h2-10H,1H3. The fourth-order valence-electron chi connectivity index (χ4n) is 1.48. The average molecular weight is 400 g/mol. The van der Waals surface area contributed by atoms with E-state index in [1.54, 1.807) is 31.2 Å². The highest BCUT2D eigenvalue weighted by molar-refractivity contribution is 9.10. The second-order valence-corrected chi connectivity index (χ2v) is 5.84. The van der Waals surface area contributed by atoms with Crippen LogP contribution in [0, 0.1) is 0 Å². The number of carbonyl (C=O) groups excluding carboxylic acids is 1. The van der Waals surface area contributed by atoms with Gasteiger partial charge in [-0.05, 0) is 59.3 Å². The first-order valence-electron chi connectivity index (χ1n) is 5.94. The molecule has 104 valence electrons. The molecule has 0 aliphatic rings. The van der Waals surface area contributed by atoms with Crippen molar-refractivity contribution in [2.24, 2.45) is 0 Å². The molecule has 0 fully saturated rings. The van der Waals surface area contributed by atoms with Gasteiger partial charge in [-0.25, -0.2) is 4.79 Å². The molecule has 0 N–H and O–H groups in total. The van der Waals surface area contributed by atoms with Crippen molar-refractivity contribution in [1.82, 2.24) is 0 Å². The van der Waals surface area contributed by atoms with E-state index in [1.165, 1.54) is 0 Å². The number of hydrogen-bond donors (Lipinski definition) is 0. The van der Waals surface area contributed by atoms with Gasteiger partial charge in [-0.15, -0.1) is 0 Å². The lowest BCUT2D eigenvalue weighted by Gasteiger charge is -2.14. The average Bonchev–Trinajstić information content (AvgIpc) is 2.44. The fourth-order valence-corrected chi connectivity index (χ4v) is 2.11. The maximum Gasteiger partial charge on any atom is 0.352 e. The highest BCUT2D eigenvalue weighted by atomic mass is 79.9. The van der Waals surface area contributed by atoms with E-state index >= 15 is 0 Å². The zero-order valence-electron chi connectivity index (χ0n) is 10.7.